The Kier molecular flexibility index (Phi) is 5.48. The van der Waals surface area contributed by atoms with E-state index in [4.69, 9.17) is 10.7 Å². The zero-order valence-corrected chi connectivity index (χ0v) is 16.8. The van der Waals surface area contributed by atoms with Crippen LogP contribution in [0.15, 0.2) is 58.7 Å². The van der Waals surface area contributed by atoms with Gasteiger partial charge in [0.15, 0.2) is 5.17 Å². The third-order valence-electron chi connectivity index (χ3n) is 5.31. The first-order valence-electron chi connectivity index (χ1n) is 9.70. The van der Waals surface area contributed by atoms with E-state index in [2.05, 4.69) is 4.98 Å². The zero-order valence-electron chi connectivity index (χ0n) is 16.0. The van der Waals surface area contributed by atoms with Gasteiger partial charge in [-0.25, -0.2) is 4.99 Å². The molecule has 0 unspecified atom stereocenters. The van der Waals surface area contributed by atoms with Crippen molar-refractivity contribution < 1.29 is 4.79 Å². The molecule has 1 aliphatic heterocycles. The lowest BCUT2D eigenvalue weighted by atomic mass is 9.94. The molecule has 4 rings (SSSR count). The number of hydrogen-bond donors (Lipinski definition) is 1. The number of thioether (sulfide) groups is 1. The Balaban J connectivity index is 1.74. The van der Waals surface area contributed by atoms with Crippen LogP contribution < -0.4 is 5.73 Å². The Hall–Kier alpha value is -2.60. The molecule has 28 heavy (non-hydrogen) atoms. The molecule has 0 bridgehead atoms. The van der Waals surface area contributed by atoms with Crippen molar-refractivity contribution >= 4 is 39.8 Å². The maximum absolute atomic E-state index is 13.4. The normalized spacial score (nSPS) is 21.4. The number of benzene rings is 1. The van der Waals surface area contributed by atoms with Crippen molar-refractivity contribution in [1.29, 1.82) is 0 Å². The highest BCUT2D eigenvalue weighted by atomic mass is 32.2. The maximum Gasteiger partial charge on any atom is 0.267 e. The molecule has 1 aliphatic carbocycles. The number of aromatic nitrogens is 1. The first kappa shape index (κ1) is 18.7. The van der Waals surface area contributed by atoms with Crippen molar-refractivity contribution in [2.75, 3.05) is 5.73 Å². The van der Waals surface area contributed by atoms with Gasteiger partial charge in [0, 0.05) is 17.9 Å². The standard InChI is InChI=1S/C22H24N4OS/c1-15(16-9-11-17(23)12-10-16)20-21(27)26(19-7-3-2-4-8-19)22(28-20)25-18-6-5-13-24-14-18/h5-6,9-14,19H,2-4,7-8,23H2,1H3/b20-15-,25-22?. The summed E-state index contributed by atoms with van der Waals surface area (Å²) in [5, 5.41) is 0.759. The third-order valence-corrected chi connectivity index (χ3v) is 6.46. The van der Waals surface area contributed by atoms with Gasteiger partial charge in [0.25, 0.3) is 5.91 Å². The molecular weight excluding hydrogens is 368 g/mol. The highest BCUT2D eigenvalue weighted by Gasteiger charge is 2.39. The van der Waals surface area contributed by atoms with Crippen LogP contribution in [-0.4, -0.2) is 27.0 Å². The summed E-state index contributed by atoms with van der Waals surface area (Å²) < 4.78 is 0. The molecule has 0 spiro atoms. The smallest absolute Gasteiger partial charge is 0.267 e. The Bertz CT molecular complexity index is 915. The molecule has 5 nitrogen and oxygen atoms in total. The van der Waals surface area contributed by atoms with Crippen molar-refractivity contribution in [3.05, 3.63) is 59.3 Å². The van der Waals surface area contributed by atoms with Crippen LogP contribution in [0, 0.1) is 0 Å². The Labute approximate surface area is 169 Å². The summed E-state index contributed by atoms with van der Waals surface area (Å²) in [4.78, 5) is 25.0. The number of pyridine rings is 1. The summed E-state index contributed by atoms with van der Waals surface area (Å²) in [6, 6.07) is 11.7. The van der Waals surface area contributed by atoms with Crippen molar-refractivity contribution in [2.45, 2.75) is 45.1 Å². The van der Waals surface area contributed by atoms with Crippen molar-refractivity contribution in [3.8, 4) is 0 Å². The molecule has 2 fully saturated rings. The fraction of sp³-hybridized carbons (Fsp3) is 0.318. The van der Waals surface area contributed by atoms with E-state index in [1.165, 1.54) is 18.2 Å². The zero-order chi connectivity index (χ0) is 19.5. The minimum absolute atomic E-state index is 0.0638. The molecule has 1 aromatic heterocycles. The SMILES string of the molecule is C/C(=C1/SC(=Nc2cccnc2)N(C2CCCCC2)C1=O)c1ccc(N)cc1. The van der Waals surface area contributed by atoms with E-state index in [1.54, 1.807) is 12.4 Å². The predicted molar refractivity (Wildman–Crippen MR) is 116 cm³/mol. The molecule has 144 valence electrons. The number of anilines is 1. The van der Waals surface area contributed by atoms with Gasteiger partial charge in [-0.1, -0.05) is 31.4 Å². The molecule has 6 heteroatoms. The summed E-state index contributed by atoms with van der Waals surface area (Å²) in [6.45, 7) is 2.00. The largest absolute Gasteiger partial charge is 0.399 e. The summed E-state index contributed by atoms with van der Waals surface area (Å²) in [5.74, 6) is 0.0638. The van der Waals surface area contributed by atoms with Gasteiger partial charge in [-0.2, -0.15) is 0 Å². The Morgan fingerprint density at radius 1 is 1.18 bits per heavy atom. The fourth-order valence-corrected chi connectivity index (χ4v) is 4.87. The van der Waals surface area contributed by atoms with E-state index >= 15 is 0 Å². The van der Waals surface area contributed by atoms with E-state index < -0.39 is 0 Å². The minimum atomic E-state index is 0.0638. The van der Waals surface area contributed by atoms with Gasteiger partial charge in [-0.05, 0) is 66.9 Å². The van der Waals surface area contributed by atoms with Crippen LogP contribution in [0.25, 0.3) is 5.57 Å². The van der Waals surface area contributed by atoms with Crippen LogP contribution in [0.1, 0.15) is 44.6 Å². The Morgan fingerprint density at radius 3 is 2.61 bits per heavy atom. The van der Waals surface area contributed by atoms with Gasteiger partial charge in [-0.3, -0.25) is 14.7 Å². The molecule has 1 saturated carbocycles. The second-order valence-corrected chi connectivity index (χ2v) is 8.23. The average molecular weight is 393 g/mol. The molecular formula is C22H24N4OS. The molecule has 2 aromatic rings. The monoisotopic (exact) mass is 392 g/mol. The van der Waals surface area contributed by atoms with Crippen molar-refractivity contribution in [3.63, 3.8) is 0 Å². The van der Waals surface area contributed by atoms with Crippen LogP contribution in [0.3, 0.4) is 0 Å². The molecule has 1 saturated heterocycles. The second kappa shape index (κ2) is 8.19. The summed E-state index contributed by atoms with van der Waals surface area (Å²) in [6.07, 6.45) is 9.09. The topological polar surface area (TPSA) is 71.6 Å². The van der Waals surface area contributed by atoms with Gasteiger partial charge in [-0.15, -0.1) is 0 Å². The van der Waals surface area contributed by atoms with Gasteiger partial charge in [0.2, 0.25) is 0 Å². The van der Waals surface area contributed by atoms with Gasteiger partial charge < -0.3 is 5.73 Å². The van der Waals surface area contributed by atoms with Crippen LogP contribution in [-0.2, 0) is 4.79 Å². The number of amidine groups is 1. The number of carbonyl (C=O) groups excluding carboxylic acids is 1. The predicted octanol–water partition coefficient (Wildman–Crippen LogP) is 4.99. The lowest BCUT2D eigenvalue weighted by molar-refractivity contribution is -0.124. The summed E-state index contributed by atoms with van der Waals surface area (Å²) in [7, 11) is 0. The lowest BCUT2D eigenvalue weighted by Gasteiger charge is -2.30. The summed E-state index contributed by atoms with van der Waals surface area (Å²) >= 11 is 1.47. The van der Waals surface area contributed by atoms with Gasteiger partial charge in [0.05, 0.1) is 16.8 Å². The molecule has 2 aliphatic rings. The average Bonchev–Trinajstić information content (AvgIpc) is 3.05. The number of amides is 1. The molecule has 0 atom stereocenters. The number of nitrogens with two attached hydrogens (primary N) is 1. The molecule has 1 amide bonds. The van der Waals surface area contributed by atoms with Crippen LogP contribution in [0.2, 0.25) is 0 Å². The molecule has 2 N–H and O–H groups in total. The van der Waals surface area contributed by atoms with E-state index in [1.807, 2.05) is 48.2 Å². The molecule has 0 radical (unpaired) electrons. The Morgan fingerprint density at radius 2 is 1.93 bits per heavy atom. The second-order valence-electron chi connectivity index (χ2n) is 7.25. The number of nitrogens with zero attached hydrogens (tertiary/aromatic N) is 3. The van der Waals surface area contributed by atoms with E-state index in [0.29, 0.717) is 0 Å². The first-order valence-corrected chi connectivity index (χ1v) is 10.5. The number of aliphatic imine (C=N–C) groups is 1. The van der Waals surface area contributed by atoms with Crippen molar-refractivity contribution in [2.24, 2.45) is 4.99 Å². The highest BCUT2D eigenvalue weighted by Crippen LogP contribution is 2.41. The number of nitrogen functional groups attached to an aromatic ring is 1. The highest BCUT2D eigenvalue weighted by molar-refractivity contribution is 8.18. The van der Waals surface area contributed by atoms with E-state index in [0.717, 1.165) is 58.3 Å². The van der Waals surface area contributed by atoms with E-state index in [9.17, 15) is 4.79 Å². The van der Waals surface area contributed by atoms with Gasteiger partial charge >= 0.3 is 0 Å². The third kappa shape index (κ3) is 3.83. The van der Waals surface area contributed by atoms with Gasteiger partial charge in [0.1, 0.15) is 0 Å². The van der Waals surface area contributed by atoms with Crippen LogP contribution in [0.5, 0.6) is 0 Å². The van der Waals surface area contributed by atoms with Crippen molar-refractivity contribution in [1.82, 2.24) is 9.88 Å². The van der Waals surface area contributed by atoms with Crippen LogP contribution >= 0.6 is 11.8 Å². The fourth-order valence-electron chi connectivity index (χ4n) is 3.75. The number of rotatable bonds is 3. The molecule has 2 heterocycles. The minimum Gasteiger partial charge on any atom is -0.399 e. The number of hydrogen-bond acceptors (Lipinski definition) is 5. The maximum atomic E-state index is 13.4. The van der Waals surface area contributed by atoms with E-state index in [-0.39, 0.29) is 11.9 Å². The first-order chi connectivity index (χ1) is 13.6. The summed E-state index contributed by atoms with van der Waals surface area (Å²) in [5.41, 5.74) is 9.27. The van der Waals surface area contributed by atoms with Crippen LogP contribution in [0.4, 0.5) is 11.4 Å². The quantitative estimate of drug-likeness (QED) is 0.590. The molecule has 1 aromatic carbocycles. The number of allylic oxidation sites excluding steroid dienone is 1. The lowest BCUT2D eigenvalue weighted by Crippen LogP contribution is -2.40. The number of carbonyl (C=O) groups is 1.